The summed E-state index contributed by atoms with van der Waals surface area (Å²) in [5, 5.41) is 10.8. The Labute approximate surface area is 208 Å². The molecule has 0 bridgehead atoms. The van der Waals surface area contributed by atoms with E-state index in [1.165, 1.54) is 27.7 Å². The van der Waals surface area contributed by atoms with E-state index in [2.05, 4.69) is 10.2 Å². The summed E-state index contributed by atoms with van der Waals surface area (Å²) in [4.78, 5) is 28.3. The molecule has 0 radical (unpaired) electrons. The molecule has 10 heteroatoms. The number of anilines is 1. The van der Waals surface area contributed by atoms with Gasteiger partial charge in [0.1, 0.15) is 11.2 Å². The number of thiophene rings is 1. The Balaban J connectivity index is 1.81. The number of rotatable bonds is 6. The van der Waals surface area contributed by atoms with Gasteiger partial charge in [-0.05, 0) is 65.1 Å². The number of hydrogen-bond donors (Lipinski definition) is 0. The van der Waals surface area contributed by atoms with Gasteiger partial charge in [-0.15, -0.1) is 21.5 Å². The quantitative estimate of drug-likeness (QED) is 0.364. The van der Waals surface area contributed by atoms with Crippen LogP contribution in [0.1, 0.15) is 41.5 Å². The van der Waals surface area contributed by atoms with Crippen molar-refractivity contribution in [3.05, 3.63) is 47.8 Å². The first-order valence-corrected chi connectivity index (χ1v) is 12.7. The Kier molecular flexibility index (Phi) is 8.04. The maximum Gasteiger partial charge on any atom is 0.422 e. The summed E-state index contributed by atoms with van der Waals surface area (Å²) < 4.78 is 12.6. The van der Waals surface area contributed by atoms with Gasteiger partial charge in [0, 0.05) is 18.0 Å². The molecular formula is C24H30N4O4S2. The van der Waals surface area contributed by atoms with Crippen molar-refractivity contribution in [1.29, 1.82) is 0 Å². The Morgan fingerprint density at radius 2 is 1.65 bits per heavy atom. The van der Waals surface area contributed by atoms with Crippen molar-refractivity contribution in [1.82, 2.24) is 14.8 Å². The first-order chi connectivity index (χ1) is 15.9. The second-order valence-electron chi connectivity index (χ2n) is 9.42. The monoisotopic (exact) mass is 502 g/mol. The number of nitrogens with zero attached hydrogens (tertiary/aromatic N) is 4. The third-order valence-corrected chi connectivity index (χ3v) is 5.95. The van der Waals surface area contributed by atoms with Crippen LogP contribution in [0.25, 0.3) is 10.7 Å². The molecule has 3 rings (SSSR count). The number of carbonyl (C=O) groups is 2. The van der Waals surface area contributed by atoms with Crippen LogP contribution in [0.3, 0.4) is 0 Å². The minimum absolute atomic E-state index is 0.346. The van der Waals surface area contributed by atoms with Gasteiger partial charge in [0.25, 0.3) is 0 Å². The standard InChI is InChI=1S/C24H30N4O4S2/c1-23(2,3)31-21(29)27(17-11-8-7-9-12-17)14-16-34-20-26-25-19(18-13-10-15-33-18)28(20)22(30)32-24(4,5)6/h7-13,15H,14,16H2,1-6H3. The third kappa shape index (κ3) is 7.07. The first kappa shape index (κ1) is 25.8. The molecule has 1 amide bonds. The van der Waals surface area contributed by atoms with E-state index < -0.39 is 23.4 Å². The van der Waals surface area contributed by atoms with Crippen LogP contribution < -0.4 is 4.90 Å². The topological polar surface area (TPSA) is 86.5 Å². The lowest BCUT2D eigenvalue weighted by Crippen LogP contribution is -2.38. The first-order valence-electron chi connectivity index (χ1n) is 10.9. The maximum absolute atomic E-state index is 13.0. The molecule has 2 heterocycles. The highest BCUT2D eigenvalue weighted by molar-refractivity contribution is 7.99. The Hall–Kier alpha value is -2.85. The smallest absolute Gasteiger partial charge is 0.422 e. The van der Waals surface area contributed by atoms with Crippen LogP contribution in [0.15, 0.2) is 53.0 Å². The van der Waals surface area contributed by atoms with Crippen LogP contribution in [-0.4, -0.2) is 50.5 Å². The Morgan fingerprint density at radius 3 is 2.24 bits per heavy atom. The van der Waals surface area contributed by atoms with E-state index in [9.17, 15) is 9.59 Å². The molecule has 1 aromatic carbocycles. The lowest BCUT2D eigenvalue weighted by atomic mass is 10.2. The van der Waals surface area contributed by atoms with Crippen molar-refractivity contribution < 1.29 is 19.1 Å². The molecule has 0 aliphatic carbocycles. The van der Waals surface area contributed by atoms with E-state index in [1.54, 1.807) is 4.90 Å². The van der Waals surface area contributed by atoms with Crippen LogP contribution in [0, 0.1) is 0 Å². The van der Waals surface area contributed by atoms with E-state index in [0.29, 0.717) is 23.3 Å². The summed E-state index contributed by atoms with van der Waals surface area (Å²) in [5.41, 5.74) is -0.564. The number of para-hydroxylation sites is 1. The van der Waals surface area contributed by atoms with Crippen molar-refractivity contribution >= 4 is 41.0 Å². The van der Waals surface area contributed by atoms with Gasteiger partial charge in [-0.25, -0.2) is 14.2 Å². The van der Waals surface area contributed by atoms with E-state index >= 15 is 0 Å². The fourth-order valence-corrected chi connectivity index (χ4v) is 4.42. The molecule has 3 aromatic rings. The number of carbonyl (C=O) groups excluding carboxylic acids is 2. The molecule has 0 saturated carbocycles. The highest BCUT2D eigenvalue weighted by atomic mass is 32.2. The second-order valence-corrected chi connectivity index (χ2v) is 11.4. The molecule has 0 aliphatic heterocycles. The highest BCUT2D eigenvalue weighted by Gasteiger charge is 2.27. The molecule has 182 valence electrons. The number of ether oxygens (including phenoxy) is 2. The molecule has 0 atom stereocenters. The maximum atomic E-state index is 13.0. The normalized spacial score (nSPS) is 11.8. The molecule has 34 heavy (non-hydrogen) atoms. The molecule has 8 nitrogen and oxygen atoms in total. The molecule has 0 aliphatic rings. The van der Waals surface area contributed by atoms with Gasteiger partial charge >= 0.3 is 12.2 Å². The number of hydrogen-bond acceptors (Lipinski definition) is 8. The second kappa shape index (κ2) is 10.6. The number of benzene rings is 1. The van der Waals surface area contributed by atoms with Gasteiger partial charge in [0.15, 0.2) is 5.82 Å². The lowest BCUT2D eigenvalue weighted by molar-refractivity contribution is 0.0522. The molecular weight excluding hydrogens is 472 g/mol. The predicted octanol–water partition coefficient (Wildman–Crippen LogP) is 6.32. The minimum Gasteiger partial charge on any atom is -0.443 e. The van der Waals surface area contributed by atoms with Crippen molar-refractivity contribution in [3.8, 4) is 10.7 Å². The molecule has 2 aromatic heterocycles. The zero-order chi connectivity index (χ0) is 24.9. The number of thioether (sulfide) groups is 1. The number of amides is 1. The van der Waals surface area contributed by atoms with E-state index in [1.807, 2.05) is 89.4 Å². The van der Waals surface area contributed by atoms with Gasteiger partial charge in [0.2, 0.25) is 5.16 Å². The summed E-state index contributed by atoms with van der Waals surface area (Å²) in [6, 6.07) is 13.1. The van der Waals surface area contributed by atoms with Crippen molar-refractivity contribution in [2.75, 3.05) is 17.2 Å². The zero-order valence-electron chi connectivity index (χ0n) is 20.3. The van der Waals surface area contributed by atoms with Crippen molar-refractivity contribution in [2.45, 2.75) is 57.9 Å². The largest absolute Gasteiger partial charge is 0.443 e. The highest BCUT2D eigenvalue weighted by Crippen LogP contribution is 2.29. The van der Waals surface area contributed by atoms with Crippen LogP contribution in [-0.2, 0) is 9.47 Å². The lowest BCUT2D eigenvalue weighted by Gasteiger charge is -2.27. The molecule has 0 spiro atoms. The molecule has 0 N–H and O–H groups in total. The van der Waals surface area contributed by atoms with Gasteiger partial charge in [-0.3, -0.25) is 4.90 Å². The molecule has 0 saturated heterocycles. The van der Waals surface area contributed by atoms with Crippen LogP contribution in [0.4, 0.5) is 15.3 Å². The third-order valence-electron chi connectivity index (χ3n) is 4.18. The van der Waals surface area contributed by atoms with E-state index in [0.717, 1.165) is 10.6 Å². The zero-order valence-corrected chi connectivity index (χ0v) is 21.9. The van der Waals surface area contributed by atoms with Gasteiger partial charge < -0.3 is 9.47 Å². The van der Waals surface area contributed by atoms with Crippen LogP contribution in [0.2, 0.25) is 0 Å². The van der Waals surface area contributed by atoms with Gasteiger partial charge in [0.05, 0.1) is 4.88 Å². The van der Waals surface area contributed by atoms with Crippen LogP contribution in [0.5, 0.6) is 0 Å². The van der Waals surface area contributed by atoms with Crippen LogP contribution >= 0.6 is 23.1 Å². The summed E-state index contributed by atoms with van der Waals surface area (Å²) in [6.45, 7) is 11.3. The predicted molar refractivity (Wildman–Crippen MR) is 136 cm³/mol. The fraction of sp³-hybridized carbons (Fsp3) is 0.417. The Morgan fingerprint density at radius 1 is 0.971 bits per heavy atom. The Bertz CT molecular complexity index is 1100. The average molecular weight is 503 g/mol. The summed E-state index contributed by atoms with van der Waals surface area (Å²) >= 11 is 2.79. The summed E-state index contributed by atoms with van der Waals surface area (Å²) in [5.74, 6) is 0.887. The summed E-state index contributed by atoms with van der Waals surface area (Å²) in [6.07, 6.45) is -0.984. The van der Waals surface area contributed by atoms with Gasteiger partial charge in [-0.2, -0.15) is 0 Å². The molecule has 0 unspecified atom stereocenters. The average Bonchev–Trinajstić information content (AvgIpc) is 3.39. The molecule has 0 fully saturated rings. The van der Waals surface area contributed by atoms with E-state index in [4.69, 9.17) is 9.47 Å². The summed E-state index contributed by atoms with van der Waals surface area (Å²) in [7, 11) is 0. The SMILES string of the molecule is CC(C)(C)OC(=O)N(CCSc1nnc(-c2cccs2)n1C(=O)OC(C)(C)C)c1ccccc1. The van der Waals surface area contributed by atoms with E-state index in [-0.39, 0.29) is 0 Å². The minimum atomic E-state index is -0.670. The fourth-order valence-electron chi connectivity index (χ4n) is 2.88. The van der Waals surface area contributed by atoms with Gasteiger partial charge in [-0.1, -0.05) is 36.0 Å². The van der Waals surface area contributed by atoms with Crippen molar-refractivity contribution in [2.24, 2.45) is 0 Å². The van der Waals surface area contributed by atoms with Crippen molar-refractivity contribution in [3.63, 3.8) is 0 Å². The number of aromatic nitrogens is 3.